The van der Waals surface area contributed by atoms with Crippen molar-refractivity contribution in [3.05, 3.63) is 65.2 Å². The third-order valence-electron chi connectivity index (χ3n) is 3.96. The third-order valence-corrected chi connectivity index (χ3v) is 5.07. The van der Waals surface area contributed by atoms with Gasteiger partial charge < -0.3 is 4.74 Å². The van der Waals surface area contributed by atoms with Crippen LogP contribution in [0, 0.1) is 11.6 Å². The van der Waals surface area contributed by atoms with Crippen LogP contribution in [0.1, 0.15) is 18.1 Å². The number of halogens is 2. The van der Waals surface area contributed by atoms with Crippen molar-refractivity contribution >= 4 is 27.0 Å². The first-order valence-electron chi connectivity index (χ1n) is 7.39. The zero-order valence-corrected chi connectivity index (χ0v) is 14.2. The first-order valence-corrected chi connectivity index (χ1v) is 9.28. The molecule has 0 bridgehead atoms. The Bertz CT molecular complexity index is 992. The lowest BCUT2D eigenvalue weighted by molar-refractivity contribution is -0.136. The first kappa shape index (κ1) is 17.3. The fourth-order valence-electron chi connectivity index (χ4n) is 2.78. The molecule has 0 aliphatic carbocycles. The molecule has 1 heterocycles. The molecule has 2 aromatic rings. The van der Waals surface area contributed by atoms with E-state index < -0.39 is 33.5 Å². The second-order valence-electron chi connectivity index (χ2n) is 5.76. The van der Waals surface area contributed by atoms with Gasteiger partial charge in [0.15, 0.2) is 9.84 Å². The summed E-state index contributed by atoms with van der Waals surface area (Å²) in [5.41, 5.74) is 0.912. The molecule has 1 aliphatic rings. The number of carbonyl (C=O) groups is 1. The summed E-state index contributed by atoms with van der Waals surface area (Å²) in [4.78, 5) is 12.0. The zero-order chi connectivity index (χ0) is 18.4. The van der Waals surface area contributed by atoms with E-state index in [2.05, 4.69) is 0 Å². The number of esters is 1. The second-order valence-corrected chi connectivity index (χ2v) is 7.77. The lowest BCUT2D eigenvalue weighted by Gasteiger charge is -2.11. The number of ether oxygens (including phenoxy) is 1. The topological polar surface area (TPSA) is 60.4 Å². The van der Waals surface area contributed by atoms with Gasteiger partial charge in [0.2, 0.25) is 0 Å². The Morgan fingerprint density at radius 2 is 1.68 bits per heavy atom. The highest BCUT2D eigenvalue weighted by atomic mass is 32.2. The Kier molecular flexibility index (Phi) is 4.20. The van der Waals surface area contributed by atoms with Crippen LogP contribution in [0.3, 0.4) is 0 Å². The number of benzene rings is 2. The molecule has 0 amide bonds. The summed E-state index contributed by atoms with van der Waals surface area (Å²) in [5.74, 6) is -1.88. The van der Waals surface area contributed by atoms with Crippen LogP contribution < -0.4 is 0 Å². The zero-order valence-electron chi connectivity index (χ0n) is 13.4. The number of sulfone groups is 1. The minimum Gasteiger partial charge on any atom is -0.454 e. The van der Waals surface area contributed by atoms with Gasteiger partial charge in [0.05, 0.1) is 10.5 Å². The van der Waals surface area contributed by atoms with E-state index in [0.29, 0.717) is 11.1 Å². The summed E-state index contributed by atoms with van der Waals surface area (Å²) in [6.45, 7) is 1.59. The van der Waals surface area contributed by atoms with Gasteiger partial charge in [-0.1, -0.05) is 18.2 Å². The fraction of sp³-hybridized carbons (Fsp3) is 0.167. The van der Waals surface area contributed by atoms with Gasteiger partial charge in [-0.15, -0.1) is 0 Å². The summed E-state index contributed by atoms with van der Waals surface area (Å²) in [5, 5.41) is 0. The third kappa shape index (κ3) is 3.19. The van der Waals surface area contributed by atoms with Crippen LogP contribution in [0.4, 0.5) is 8.78 Å². The largest absolute Gasteiger partial charge is 0.454 e. The smallest absolute Gasteiger partial charge is 0.339 e. The summed E-state index contributed by atoms with van der Waals surface area (Å²) < 4.78 is 56.0. The fourth-order valence-corrected chi connectivity index (χ4v) is 3.41. The highest BCUT2D eigenvalue weighted by molar-refractivity contribution is 7.90. The molecule has 0 saturated carbocycles. The minimum atomic E-state index is -3.56. The van der Waals surface area contributed by atoms with Crippen molar-refractivity contribution in [2.24, 2.45) is 0 Å². The minimum absolute atomic E-state index is 0.0741. The van der Waals surface area contributed by atoms with Gasteiger partial charge in [-0.3, -0.25) is 0 Å². The van der Waals surface area contributed by atoms with Gasteiger partial charge in [-0.25, -0.2) is 22.0 Å². The molecule has 130 valence electrons. The normalized spacial score (nSPS) is 17.8. The van der Waals surface area contributed by atoms with Crippen LogP contribution in [-0.4, -0.2) is 26.7 Å². The second kappa shape index (κ2) is 6.07. The van der Waals surface area contributed by atoms with Crippen LogP contribution in [0.2, 0.25) is 0 Å². The average molecular weight is 364 g/mol. The van der Waals surface area contributed by atoms with Crippen LogP contribution in [-0.2, 0) is 19.4 Å². The van der Waals surface area contributed by atoms with Crippen LogP contribution >= 0.6 is 0 Å². The quantitative estimate of drug-likeness (QED) is 0.785. The number of carbonyl (C=O) groups excluding carboxylic acids is 1. The van der Waals surface area contributed by atoms with Gasteiger partial charge >= 0.3 is 5.97 Å². The number of hydrogen-bond acceptors (Lipinski definition) is 4. The molecule has 1 unspecified atom stereocenters. The maximum Gasteiger partial charge on any atom is 0.339 e. The van der Waals surface area contributed by atoms with Crippen molar-refractivity contribution in [3.63, 3.8) is 0 Å². The Labute approximate surface area is 143 Å². The molecule has 1 atom stereocenters. The molecular weight excluding hydrogens is 350 g/mol. The Hall–Kier alpha value is -2.54. The average Bonchev–Trinajstić information content (AvgIpc) is 2.81. The van der Waals surface area contributed by atoms with E-state index in [-0.39, 0.29) is 16.0 Å². The highest BCUT2D eigenvalue weighted by Gasteiger charge is 2.34. The lowest BCUT2D eigenvalue weighted by Crippen LogP contribution is -2.07. The van der Waals surface area contributed by atoms with Crippen molar-refractivity contribution in [2.75, 3.05) is 6.26 Å². The molecule has 25 heavy (non-hydrogen) atoms. The van der Waals surface area contributed by atoms with Crippen molar-refractivity contribution in [1.82, 2.24) is 0 Å². The molecule has 0 fully saturated rings. The monoisotopic (exact) mass is 364 g/mol. The predicted octanol–water partition coefficient (Wildman–Crippen LogP) is 3.22. The van der Waals surface area contributed by atoms with E-state index in [1.807, 2.05) is 0 Å². The Morgan fingerprint density at radius 1 is 1.04 bits per heavy atom. The Balaban J connectivity index is 2.21. The predicted molar refractivity (Wildman–Crippen MR) is 88.3 cm³/mol. The van der Waals surface area contributed by atoms with E-state index in [0.717, 1.165) is 12.3 Å². The van der Waals surface area contributed by atoms with E-state index in [1.165, 1.54) is 36.4 Å². The molecule has 2 aromatic carbocycles. The number of cyclic esters (lactones) is 1. The summed E-state index contributed by atoms with van der Waals surface area (Å²) in [6, 6.07) is 8.70. The first-order chi connectivity index (χ1) is 11.7. The van der Waals surface area contributed by atoms with E-state index in [9.17, 15) is 22.0 Å². The van der Waals surface area contributed by atoms with E-state index in [1.54, 1.807) is 6.92 Å². The van der Waals surface area contributed by atoms with Gasteiger partial charge in [0.25, 0.3) is 0 Å². The molecule has 0 radical (unpaired) electrons. The van der Waals surface area contributed by atoms with Crippen molar-refractivity contribution in [3.8, 4) is 0 Å². The van der Waals surface area contributed by atoms with Crippen LogP contribution in [0.15, 0.2) is 47.4 Å². The SMILES string of the molecule is CC1OC(=O)C(c2ccc(F)cc2)=C1c1ccc(S(C)(=O)=O)cc1F. The summed E-state index contributed by atoms with van der Waals surface area (Å²) >= 11 is 0. The van der Waals surface area contributed by atoms with Gasteiger partial charge in [0, 0.05) is 17.4 Å². The van der Waals surface area contributed by atoms with Crippen molar-refractivity contribution < 1.29 is 26.7 Å². The molecular formula is C18H14F2O4S. The number of rotatable bonds is 3. The summed E-state index contributed by atoms with van der Waals surface area (Å²) in [7, 11) is -3.56. The summed E-state index contributed by atoms with van der Waals surface area (Å²) in [6.07, 6.45) is 0.265. The maximum atomic E-state index is 14.6. The van der Waals surface area contributed by atoms with Crippen molar-refractivity contribution in [2.45, 2.75) is 17.9 Å². The Morgan fingerprint density at radius 3 is 2.24 bits per heavy atom. The molecule has 0 spiro atoms. The van der Waals surface area contributed by atoms with Gasteiger partial charge in [-0.2, -0.15) is 0 Å². The van der Waals surface area contributed by atoms with Crippen molar-refractivity contribution in [1.29, 1.82) is 0 Å². The van der Waals surface area contributed by atoms with Gasteiger partial charge in [-0.05, 0) is 36.8 Å². The molecule has 4 nitrogen and oxygen atoms in total. The lowest BCUT2D eigenvalue weighted by atomic mass is 9.93. The molecule has 0 aromatic heterocycles. The molecule has 0 N–H and O–H groups in total. The maximum absolute atomic E-state index is 14.6. The highest BCUT2D eigenvalue weighted by Crippen LogP contribution is 2.38. The van der Waals surface area contributed by atoms with Gasteiger partial charge in [0.1, 0.15) is 17.7 Å². The standard InChI is InChI=1S/C18H14F2O4S/c1-10-16(14-8-7-13(9-15(14)20)25(2,22)23)17(18(21)24-10)11-3-5-12(19)6-4-11/h3-10H,1-2H3. The van der Waals surface area contributed by atoms with E-state index in [4.69, 9.17) is 4.74 Å². The molecule has 1 aliphatic heterocycles. The van der Waals surface area contributed by atoms with E-state index >= 15 is 0 Å². The number of hydrogen-bond donors (Lipinski definition) is 0. The molecule has 0 saturated heterocycles. The molecule has 7 heteroatoms. The van der Waals surface area contributed by atoms with Crippen LogP contribution in [0.5, 0.6) is 0 Å². The molecule has 3 rings (SSSR count). The van der Waals surface area contributed by atoms with Crippen LogP contribution in [0.25, 0.3) is 11.1 Å².